The van der Waals surface area contributed by atoms with Crippen LogP contribution < -0.4 is 9.80 Å². The maximum Gasteiger partial charge on any atom is 0.155 e. The molecule has 2 aliphatic carbocycles. The fourth-order valence-electron chi connectivity index (χ4n) is 22.9. The van der Waals surface area contributed by atoms with Gasteiger partial charge < -0.3 is 19.9 Å². The van der Waals surface area contributed by atoms with Crippen molar-refractivity contribution in [3.63, 3.8) is 0 Å². The minimum atomic E-state index is -0.543. The van der Waals surface area contributed by atoms with Crippen LogP contribution >= 0.6 is 0 Å². The van der Waals surface area contributed by atoms with E-state index in [1.54, 1.807) is 0 Å². The molecule has 23 aromatic rings. The third-order valence-electron chi connectivity index (χ3n) is 28.6. The van der Waals surface area contributed by atoms with Crippen LogP contribution in [0.4, 0.5) is 34.1 Å². The van der Waals surface area contributed by atoms with Crippen molar-refractivity contribution in [1.82, 2.24) is 19.9 Å². The summed E-state index contributed by atoms with van der Waals surface area (Å²) in [5.74, 6) is -0.0625. The van der Waals surface area contributed by atoms with Gasteiger partial charge in [-0.3, -0.25) is 19.7 Å². The molecule has 0 bridgehead atoms. The predicted molar refractivity (Wildman–Crippen MR) is 604 cm³/mol. The third-order valence-corrected chi connectivity index (χ3v) is 28.6. The molecular formula is C137H107IrN6O2-. The van der Waals surface area contributed by atoms with Crippen molar-refractivity contribution in [2.75, 3.05) is 9.80 Å². The Hall–Kier alpha value is -17.2. The summed E-state index contributed by atoms with van der Waals surface area (Å²) in [6.45, 7) is 19.9. The van der Waals surface area contributed by atoms with Crippen molar-refractivity contribution in [2.24, 2.45) is 0 Å². The van der Waals surface area contributed by atoms with Crippen molar-refractivity contribution >= 4 is 94.0 Å². The van der Waals surface area contributed by atoms with Gasteiger partial charge >= 0.3 is 0 Å². The van der Waals surface area contributed by atoms with Crippen LogP contribution in [0.15, 0.2) is 467 Å². The second-order valence-corrected chi connectivity index (χ2v) is 38.5. The van der Waals surface area contributed by atoms with E-state index in [0.29, 0.717) is 0 Å². The molecule has 707 valence electrons. The molecular weight excluding hydrogens is 1950 g/mol. The molecule has 0 spiro atoms. The van der Waals surface area contributed by atoms with E-state index in [-0.39, 0.29) is 31.6 Å². The summed E-state index contributed by atoms with van der Waals surface area (Å²) in [6.07, 6.45) is 6.82. The molecule has 0 atom stereocenters. The summed E-state index contributed by atoms with van der Waals surface area (Å²) >= 11 is 0. The van der Waals surface area contributed by atoms with Crippen LogP contribution in [-0.2, 0) is 35.7 Å². The number of ketones is 1. The van der Waals surface area contributed by atoms with Gasteiger partial charge in [-0.1, -0.05) is 377 Å². The van der Waals surface area contributed by atoms with Crippen LogP contribution in [0, 0.1) is 61.5 Å². The molecule has 20 aromatic carbocycles. The molecule has 0 fully saturated rings. The van der Waals surface area contributed by atoms with Crippen LogP contribution in [-0.4, -0.2) is 30.8 Å². The second kappa shape index (κ2) is 40.3. The minimum Gasteiger partial charge on any atom is -0.512 e. The quantitative estimate of drug-likeness (QED) is 0.0442. The number of hydrogen-bond donors (Lipinski definition) is 1. The number of carbonyl (C=O) groups is 1. The first-order chi connectivity index (χ1) is 70.8. The van der Waals surface area contributed by atoms with Gasteiger partial charge in [0.1, 0.15) is 0 Å². The van der Waals surface area contributed by atoms with Gasteiger partial charge in [-0.15, -0.1) is 34.9 Å². The number of aliphatic hydroxyl groups is 1. The summed E-state index contributed by atoms with van der Waals surface area (Å²) < 4.78 is 0. The van der Waals surface area contributed by atoms with Gasteiger partial charge in [-0.2, -0.15) is 0 Å². The van der Waals surface area contributed by atoms with Crippen molar-refractivity contribution in [1.29, 1.82) is 0 Å². The van der Waals surface area contributed by atoms with Gasteiger partial charge in [0.2, 0.25) is 0 Å². The molecule has 3 aromatic heterocycles. The molecule has 0 amide bonds. The molecule has 0 saturated carbocycles. The van der Waals surface area contributed by atoms with E-state index in [2.05, 4.69) is 506 Å². The Kier molecular flexibility index (Phi) is 26.2. The zero-order valence-electron chi connectivity index (χ0n) is 83.3. The SMILES string of the molecule is CC(=O)C=C(C)O.Cc1[c-]c(-c2ncc(-c3c(C)cccc3C)nc2-c2cc(C)cc(C)c2)cc(C)c1.Cc1cccc(N(c2cccc(C3(c4ccccc4)c4ccccc4-c4ccccc43)c2)c2ccc3ccc4c(N(c5cccc(C)c5)c5cccc(C6(c7ccccc7)c7ccccc7-c7ccccc76)c5)ccc5ccc2c3c54)c1.[Ir].c1ccc(-c2ccnc3c2ccc2c(-c4ccccc4)ccnc23)cc1. The number of aromatic nitrogens is 4. The van der Waals surface area contributed by atoms with Gasteiger partial charge in [-0.05, 0) is 267 Å². The summed E-state index contributed by atoms with van der Waals surface area (Å²) in [5, 5.41) is 17.9. The second-order valence-electron chi connectivity index (χ2n) is 38.5. The minimum absolute atomic E-state index is 0. The zero-order valence-corrected chi connectivity index (χ0v) is 85.6. The average Bonchev–Trinajstić information content (AvgIpc) is 1.55. The number of rotatable bonds is 16. The maximum atomic E-state index is 10.0. The topological polar surface area (TPSA) is 95.3 Å². The normalized spacial score (nSPS) is 12.3. The Morgan fingerprint density at radius 3 is 1.09 bits per heavy atom. The number of aryl methyl sites for hydroxylation is 8. The van der Waals surface area contributed by atoms with E-state index in [1.807, 2.05) is 30.7 Å². The number of allylic oxidation sites excluding steroid dienone is 2. The van der Waals surface area contributed by atoms with Gasteiger partial charge in [0.05, 0.1) is 50.4 Å². The van der Waals surface area contributed by atoms with Crippen LogP contribution in [0.3, 0.4) is 0 Å². The van der Waals surface area contributed by atoms with E-state index in [1.165, 1.54) is 180 Å². The molecule has 2 aliphatic rings. The maximum absolute atomic E-state index is 10.0. The van der Waals surface area contributed by atoms with E-state index in [9.17, 15) is 4.79 Å². The molecule has 25 rings (SSSR count). The van der Waals surface area contributed by atoms with E-state index in [0.717, 1.165) is 95.3 Å². The molecule has 0 aliphatic heterocycles. The van der Waals surface area contributed by atoms with Gasteiger partial charge in [0, 0.05) is 100 Å². The third kappa shape index (κ3) is 17.5. The summed E-state index contributed by atoms with van der Waals surface area (Å²) in [4.78, 5) is 34.5. The summed E-state index contributed by atoms with van der Waals surface area (Å²) in [7, 11) is 0. The first-order valence-electron chi connectivity index (χ1n) is 49.7. The molecule has 1 radical (unpaired) electrons. The number of carbonyl (C=O) groups excluding carboxylic acids is 1. The van der Waals surface area contributed by atoms with Crippen LogP contribution in [0.2, 0.25) is 0 Å². The van der Waals surface area contributed by atoms with Crippen LogP contribution in [0.25, 0.3) is 132 Å². The van der Waals surface area contributed by atoms with E-state index < -0.39 is 10.8 Å². The van der Waals surface area contributed by atoms with E-state index >= 15 is 0 Å². The first kappa shape index (κ1) is 95.0. The zero-order chi connectivity index (χ0) is 99.1. The molecule has 8 nitrogen and oxygen atoms in total. The Morgan fingerprint density at radius 1 is 0.315 bits per heavy atom. The van der Waals surface area contributed by atoms with Crippen molar-refractivity contribution in [3.05, 3.63) is 562 Å². The number of hydrogen-bond acceptors (Lipinski definition) is 8. The molecule has 3 heterocycles. The van der Waals surface area contributed by atoms with E-state index in [4.69, 9.17) is 15.1 Å². The smallest absolute Gasteiger partial charge is 0.155 e. The molecule has 0 saturated heterocycles. The van der Waals surface area contributed by atoms with Crippen molar-refractivity contribution in [2.45, 2.75) is 80.1 Å². The molecule has 0 unspecified atom stereocenters. The monoisotopic (exact) mass is 2060 g/mol. The van der Waals surface area contributed by atoms with Crippen LogP contribution in [0.5, 0.6) is 0 Å². The summed E-state index contributed by atoms with van der Waals surface area (Å²) in [6, 6.07) is 164. The van der Waals surface area contributed by atoms with Gasteiger partial charge in [0.15, 0.2) is 5.78 Å². The van der Waals surface area contributed by atoms with Crippen molar-refractivity contribution in [3.8, 4) is 78.3 Å². The molecule has 146 heavy (non-hydrogen) atoms. The molecule has 9 heteroatoms. The number of pyridine rings is 2. The Morgan fingerprint density at radius 2 is 0.685 bits per heavy atom. The first-order valence-corrected chi connectivity index (χ1v) is 49.7. The number of fused-ring (bicyclic) bond motifs is 9. The number of benzene rings is 20. The number of aliphatic hydroxyl groups excluding tert-OH is 1. The predicted octanol–water partition coefficient (Wildman–Crippen LogP) is 35.1. The van der Waals surface area contributed by atoms with Crippen LogP contribution in [0.1, 0.15) is 103 Å². The number of anilines is 6. The fraction of sp³-hybridized carbons (Fsp3) is 0.0876. The average molecular weight is 2060 g/mol. The Balaban J connectivity index is 0.000000158. The fourth-order valence-corrected chi connectivity index (χ4v) is 22.9. The standard InChI is InChI=1S/C80H56N2.C28H27N2.C24H16N2.C5H8O2.Ir/c1-53-21-17-29-61(49-53)81(63-31-19-27-59(51-63)79(57-23-5-3-6-24-57)71-37-13-9-33-65(71)66-34-10-14-38-72(66)79)75-47-43-55-42-46-70-76(48-44-56-41-45-69(75)77(55)78(56)70)82(62-30-18-22-54(2)50-62)64-32-20-28-60(52-64)80(58-25-7-4-8-26-58)73-39-15-11-35-67(73)68-36-12-16-40-74(68)80;1-17-10-18(2)13-23(12-17)27-28(24-14-19(3)11-20(4)15-24)30-25(16-29-27)26-21(5)8-7-9-22(26)6;1-3-7-17(8-4-1)19-13-15-25-23-21(19)11-12-22-20(14-16-26-24(22)23)18-9-5-2-6-10-18;1-4(6)3-5(2)7;/h3-52H,1-2H3;7-12,14-16H,1-6H3;1-16H;3,6H,1-2H3;/q;-1;;;. The largest absolute Gasteiger partial charge is 0.512 e. The summed E-state index contributed by atoms with van der Waals surface area (Å²) in [5.41, 5.74) is 43.0. The van der Waals surface area contributed by atoms with Gasteiger partial charge in [-0.25, -0.2) is 0 Å². The van der Waals surface area contributed by atoms with Crippen molar-refractivity contribution < 1.29 is 30.0 Å². The number of nitrogens with zero attached hydrogens (tertiary/aromatic N) is 6. The molecule has 1 N–H and O–H groups in total. The Bertz CT molecular complexity index is 8390. The van der Waals surface area contributed by atoms with Gasteiger partial charge in [0.25, 0.3) is 0 Å². The Labute approximate surface area is 867 Å².